The first kappa shape index (κ1) is 21.9. The number of ether oxygens (including phenoxy) is 1. The fourth-order valence-electron chi connectivity index (χ4n) is 2.93. The van der Waals surface area contributed by atoms with Crippen molar-refractivity contribution in [1.82, 2.24) is 10.2 Å². The van der Waals surface area contributed by atoms with Crippen molar-refractivity contribution in [3.05, 3.63) is 59.2 Å². The number of hydrogen-bond donors (Lipinski definition) is 2. The summed E-state index contributed by atoms with van der Waals surface area (Å²) >= 11 is 0. The van der Waals surface area contributed by atoms with Crippen molar-refractivity contribution in [3.63, 3.8) is 0 Å². The van der Waals surface area contributed by atoms with Gasteiger partial charge < -0.3 is 20.3 Å². The van der Waals surface area contributed by atoms with E-state index in [0.29, 0.717) is 23.5 Å². The van der Waals surface area contributed by atoms with E-state index in [1.165, 1.54) is 4.90 Å². The number of methoxy groups -OCH3 is 1. The van der Waals surface area contributed by atoms with Crippen LogP contribution in [-0.4, -0.2) is 49.4 Å². The molecular formula is C22H27N3O4. The zero-order valence-corrected chi connectivity index (χ0v) is 17.2. The molecule has 7 heteroatoms. The second-order valence-corrected chi connectivity index (χ2v) is 6.75. The van der Waals surface area contributed by atoms with Crippen molar-refractivity contribution in [2.45, 2.75) is 20.8 Å². The Morgan fingerprint density at radius 3 is 2.34 bits per heavy atom. The molecule has 0 heterocycles. The lowest BCUT2D eigenvalue weighted by atomic mass is 10.1. The maximum Gasteiger partial charge on any atom is 0.251 e. The van der Waals surface area contributed by atoms with Gasteiger partial charge in [0, 0.05) is 23.9 Å². The van der Waals surface area contributed by atoms with Gasteiger partial charge in [0.1, 0.15) is 5.75 Å². The van der Waals surface area contributed by atoms with Gasteiger partial charge in [-0.25, -0.2) is 0 Å². The van der Waals surface area contributed by atoms with Crippen LogP contribution in [0.5, 0.6) is 5.75 Å². The molecule has 0 atom stereocenters. The summed E-state index contributed by atoms with van der Waals surface area (Å²) in [5, 5.41) is 5.37. The Bertz CT molecular complexity index is 875. The smallest absolute Gasteiger partial charge is 0.251 e. The van der Waals surface area contributed by atoms with Crippen LogP contribution < -0.4 is 15.4 Å². The molecule has 0 unspecified atom stereocenters. The van der Waals surface area contributed by atoms with E-state index in [-0.39, 0.29) is 30.8 Å². The fourth-order valence-corrected chi connectivity index (χ4v) is 2.93. The first-order valence-electron chi connectivity index (χ1n) is 9.40. The minimum absolute atomic E-state index is 0.105. The van der Waals surface area contributed by atoms with Crippen LogP contribution in [-0.2, 0) is 9.59 Å². The number of hydrogen-bond acceptors (Lipinski definition) is 4. The van der Waals surface area contributed by atoms with Crippen LogP contribution in [0.4, 0.5) is 5.69 Å². The van der Waals surface area contributed by atoms with E-state index >= 15 is 0 Å². The number of likely N-dealkylation sites (N-methyl/N-ethyl adjacent to an activating group) is 1. The first-order valence-corrected chi connectivity index (χ1v) is 9.40. The van der Waals surface area contributed by atoms with E-state index in [2.05, 4.69) is 10.6 Å². The van der Waals surface area contributed by atoms with E-state index < -0.39 is 0 Å². The normalized spacial score (nSPS) is 10.2. The number of nitrogens with zero attached hydrogens (tertiary/aromatic N) is 1. The topological polar surface area (TPSA) is 87.7 Å². The number of benzene rings is 2. The summed E-state index contributed by atoms with van der Waals surface area (Å²) in [5.74, 6) is -0.345. The zero-order chi connectivity index (χ0) is 21.4. The number of anilines is 1. The van der Waals surface area contributed by atoms with Gasteiger partial charge in [-0.05, 0) is 45.0 Å². The number of rotatable bonds is 8. The highest BCUT2D eigenvalue weighted by Gasteiger charge is 2.17. The highest BCUT2D eigenvalue weighted by Crippen LogP contribution is 2.16. The molecule has 0 aliphatic carbocycles. The Kier molecular flexibility index (Phi) is 7.77. The third-order valence-corrected chi connectivity index (χ3v) is 4.31. The molecule has 0 aliphatic rings. The second-order valence-electron chi connectivity index (χ2n) is 6.75. The molecule has 2 aromatic rings. The molecule has 3 amide bonds. The van der Waals surface area contributed by atoms with Gasteiger partial charge in [0.15, 0.2) is 0 Å². The number of carbonyl (C=O) groups excluding carboxylic acids is 3. The third-order valence-electron chi connectivity index (χ3n) is 4.31. The zero-order valence-electron chi connectivity index (χ0n) is 17.2. The van der Waals surface area contributed by atoms with Gasteiger partial charge in [-0.2, -0.15) is 0 Å². The van der Waals surface area contributed by atoms with Crippen LogP contribution in [0.3, 0.4) is 0 Å². The van der Waals surface area contributed by atoms with Gasteiger partial charge in [-0.1, -0.05) is 23.3 Å². The summed E-state index contributed by atoms with van der Waals surface area (Å²) in [4.78, 5) is 38.4. The Morgan fingerprint density at radius 1 is 1.03 bits per heavy atom. The number of nitrogens with one attached hydrogen (secondary N) is 2. The van der Waals surface area contributed by atoms with E-state index in [9.17, 15) is 14.4 Å². The van der Waals surface area contributed by atoms with Gasteiger partial charge >= 0.3 is 0 Å². The Morgan fingerprint density at radius 2 is 1.72 bits per heavy atom. The summed E-state index contributed by atoms with van der Waals surface area (Å²) in [5.41, 5.74) is 3.05. The Balaban J connectivity index is 1.90. The molecule has 0 spiro atoms. The van der Waals surface area contributed by atoms with Crippen LogP contribution in [0.1, 0.15) is 28.4 Å². The summed E-state index contributed by atoms with van der Waals surface area (Å²) in [6, 6.07) is 12.5. The second kappa shape index (κ2) is 10.3. The molecule has 2 rings (SSSR count). The average Bonchev–Trinajstić information content (AvgIpc) is 2.69. The highest BCUT2D eigenvalue weighted by molar-refractivity contribution is 5.98. The summed E-state index contributed by atoms with van der Waals surface area (Å²) in [7, 11) is 1.55. The van der Waals surface area contributed by atoms with Crippen LogP contribution in [0, 0.1) is 13.8 Å². The lowest BCUT2D eigenvalue weighted by Gasteiger charge is -2.20. The highest BCUT2D eigenvalue weighted by atomic mass is 16.5. The van der Waals surface area contributed by atoms with Crippen LogP contribution in [0.25, 0.3) is 0 Å². The minimum atomic E-state index is -0.328. The molecule has 0 aromatic heterocycles. The van der Waals surface area contributed by atoms with Crippen molar-refractivity contribution >= 4 is 23.4 Å². The molecule has 0 aliphatic heterocycles. The summed E-state index contributed by atoms with van der Waals surface area (Å²) in [6.07, 6.45) is 0. The van der Waals surface area contributed by atoms with Gasteiger partial charge in [0.25, 0.3) is 5.91 Å². The third kappa shape index (κ3) is 6.64. The van der Waals surface area contributed by atoms with Crippen molar-refractivity contribution in [2.75, 3.05) is 32.1 Å². The minimum Gasteiger partial charge on any atom is -0.497 e. The van der Waals surface area contributed by atoms with Gasteiger partial charge in [-0.15, -0.1) is 0 Å². The largest absolute Gasteiger partial charge is 0.497 e. The van der Waals surface area contributed by atoms with E-state index in [4.69, 9.17) is 4.74 Å². The maximum absolute atomic E-state index is 12.4. The van der Waals surface area contributed by atoms with Gasteiger partial charge in [-0.3, -0.25) is 14.4 Å². The number of carbonyl (C=O) groups is 3. The quantitative estimate of drug-likeness (QED) is 0.717. The molecule has 0 bridgehead atoms. The Hall–Kier alpha value is -3.35. The van der Waals surface area contributed by atoms with Crippen LogP contribution >= 0.6 is 0 Å². The predicted octanol–water partition coefficient (Wildman–Crippen LogP) is 2.53. The fraction of sp³-hybridized carbons (Fsp3) is 0.318. The van der Waals surface area contributed by atoms with Crippen molar-refractivity contribution in [1.29, 1.82) is 0 Å². The van der Waals surface area contributed by atoms with Crippen LogP contribution in [0.2, 0.25) is 0 Å². The van der Waals surface area contributed by atoms with Crippen LogP contribution in [0.15, 0.2) is 42.5 Å². The Labute approximate surface area is 171 Å². The number of amides is 3. The van der Waals surface area contributed by atoms with Crippen molar-refractivity contribution in [3.8, 4) is 5.75 Å². The molecule has 0 saturated carbocycles. The van der Waals surface area contributed by atoms with E-state index in [1.54, 1.807) is 50.4 Å². The molecule has 0 saturated heterocycles. The molecule has 0 fully saturated rings. The SMILES string of the molecule is CCN(CC(=O)Nc1cccc(OC)c1)C(=O)CNC(=O)c1cc(C)cc(C)c1. The molecule has 154 valence electrons. The molecule has 2 aromatic carbocycles. The first-order chi connectivity index (χ1) is 13.8. The maximum atomic E-state index is 12.4. The van der Waals surface area contributed by atoms with Gasteiger partial charge in [0.05, 0.1) is 20.2 Å². The van der Waals surface area contributed by atoms with E-state index in [1.807, 2.05) is 19.9 Å². The monoisotopic (exact) mass is 397 g/mol. The summed E-state index contributed by atoms with van der Waals surface area (Å²) in [6.45, 7) is 5.67. The lowest BCUT2D eigenvalue weighted by Crippen LogP contribution is -2.43. The van der Waals surface area contributed by atoms with Crippen molar-refractivity contribution < 1.29 is 19.1 Å². The lowest BCUT2D eigenvalue weighted by molar-refractivity contribution is -0.133. The molecule has 29 heavy (non-hydrogen) atoms. The molecule has 7 nitrogen and oxygen atoms in total. The van der Waals surface area contributed by atoms with Gasteiger partial charge in [0.2, 0.25) is 11.8 Å². The molecule has 2 N–H and O–H groups in total. The van der Waals surface area contributed by atoms with Crippen molar-refractivity contribution in [2.24, 2.45) is 0 Å². The molecular weight excluding hydrogens is 370 g/mol. The average molecular weight is 397 g/mol. The van der Waals surface area contributed by atoms with E-state index in [0.717, 1.165) is 11.1 Å². The summed E-state index contributed by atoms with van der Waals surface area (Å²) < 4.78 is 5.13. The molecule has 0 radical (unpaired) electrons. The standard InChI is InChI=1S/C22H27N3O4/c1-5-25(14-20(26)24-18-7-6-8-19(12-18)29-4)21(27)13-23-22(28)17-10-15(2)9-16(3)11-17/h6-12H,5,13-14H2,1-4H3,(H,23,28)(H,24,26). The predicted molar refractivity (Wildman–Crippen MR) is 112 cm³/mol. The number of aryl methyl sites for hydroxylation is 2.